The third kappa shape index (κ3) is 4.61. The number of piperidine rings is 1. The molecule has 2 aliphatic heterocycles. The number of guanidine groups is 1. The van der Waals surface area contributed by atoms with E-state index in [0.717, 1.165) is 50.9 Å². The minimum atomic E-state index is 0. The molecule has 3 rings (SSSR count). The van der Waals surface area contributed by atoms with Gasteiger partial charge in [-0.15, -0.1) is 24.0 Å². The van der Waals surface area contributed by atoms with Crippen molar-refractivity contribution in [2.24, 2.45) is 16.3 Å². The molecule has 130 valence electrons. The Kier molecular flexibility index (Phi) is 6.73. The van der Waals surface area contributed by atoms with Crippen LogP contribution in [0.25, 0.3) is 0 Å². The molecule has 1 aliphatic carbocycles. The first-order chi connectivity index (χ1) is 10.7. The van der Waals surface area contributed by atoms with Crippen molar-refractivity contribution < 1.29 is 4.79 Å². The number of amides is 1. The zero-order valence-electron chi connectivity index (χ0n) is 14.0. The Hall–Kier alpha value is -0.790. The van der Waals surface area contributed by atoms with Gasteiger partial charge < -0.3 is 15.5 Å². The van der Waals surface area contributed by atoms with Gasteiger partial charge in [0.1, 0.15) is 0 Å². The van der Waals surface area contributed by atoms with Crippen LogP contribution in [0.15, 0.2) is 17.1 Å². The maximum Gasteiger partial charge on any atom is 0.220 e. The van der Waals surface area contributed by atoms with Crippen molar-refractivity contribution in [1.29, 1.82) is 0 Å². The van der Waals surface area contributed by atoms with Gasteiger partial charge in [-0.05, 0) is 38.0 Å². The lowest BCUT2D eigenvalue weighted by molar-refractivity contribution is -0.119. The number of aliphatic imine (C=N–C) groups is 1. The molecule has 0 saturated carbocycles. The topological polar surface area (TPSA) is 56.7 Å². The molecule has 2 atom stereocenters. The van der Waals surface area contributed by atoms with Gasteiger partial charge in [0.15, 0.2) is 5.96 Å². The molecule has 1 spiro atoms. The Morgan fingerprint density at radius 1 is 1.52 bits per heavy atom. The quantitative estimate of drug-likeness (QED) is 0.304. The second-order valence-corrected chi connectivity index (χ2v) is 7.06. The summed E-state index contributed by atoms with van der Waals surface area (Å²) >= 11 is 0. The monoisotopic (exact) mass is 432 g/mol. The molecule has 2 heterocycles. The second kappa shape index (κ2) is 8.35. The van der Waals surface area contributed by atoms with Gasteiger partial charge in [0.05, 0.1) is 0 Å². The van der Waals surface area contributed by atoms with Crippen LogP contribution in [-0.4, -0.2) is 50.0 Å². The molecule has 2 fully saturated rings. The van der Waals surface area contributed by atoms with Gasteiger partial charge in [-0.25, -0.2) is 0 Å². The number of halogens is 1. The Bertz CT molecular complexity index is 479. The number of carbonyl (C=O) groups is 1. The van der Waals surface area contributed by atoms with E-state index in [9.17, 15) is 4.79 Å². The van der Waals surface area contributed by atoms with Crippen LogP contribution in [0.3, 0.4) is 0 Å². The summed E-state index contributed by atoms with van der Waals surface area (Å²) in [4.78, 5) is 18.4. The van der Waals surface area contributed by atoms with Crippen molar-refractivity contribution in [3.8, 4) is 0 Å². The molecule has 3 aliphatic rings. The Labute approximate surface area is 156 Å². The van der Waals surface area contributed by atoms with Crippen molar-refractivity contribution in [3.63, 3.8) is 0 Å². The Morgan fingerprint density at radius 3 is 3.04 bits per heavy atom. The second-order valence-electron chi connectivity index (χ2n) is 7.06. The highest BCUT2D eigenvalue weighted by molar-refractivity contribution is 14.0. The summed E-state index contributed by atoms with van der Waals surface area (Å²) in [5.41, 5.74) is 0.126. The minimum Gasteiger partial charge on any atom is -0.356 e. The summed E-state index contributed by atoms with van der Waals surface area (Å²) in [6.07, 6.45) is 11.2. The molecule has 1 amide bonds. The van der Waals surface area contributed by atoms with Crippen molar-refractivity contribution in [2.75, 3.05) is 33.2 Å². The van der Waals surface area contributed by atoms with E-state index in [1.54, 1.807) is 0 Å². The molecule has 0 radical (unpaired) electrons. The zero-order valence-corrected chi connectivity index (χ0v) is 16.3. The summed E-state index contributed by atoms with van der Waals surface area (Å²) in [5, 5.41) is 6.57. The first-order valence-corrected chi connectivity index (χ1v) is 8.58. The Morgan fingerprint density at radius 2 is 2.39 bits per heavy atom. The Balaban J connectivity index is 0.00000192. The predicted octanol–water partition coefficient (Wildman–Crippen LogP) is 2.14. The van der Waals surface area contributed by atoms with Gasteiger partial charge in [-0.2, -0.15) is 0 Å². The van der Waals surface area contributed by atoms with Crippen molar-refractivity contribution in [3.05, 3.63) is 12.2 Å². The maximum atomic E-state index is 11.6. The number of likely N-dealkylation sites (tertiary alicyclic amines) is 1. The largest absolute Gasteiger partial charge is 0.356 e. The summed E-state index contributed by atoms with van der Waals surface area (Å²) < 4.78 is 0. The molecule has 2 saturated heterocycles. The van der Waals surface area contributed by atoms with E-state index >= 15 is 0 Å². The average Bonchev–Trinajstić information content (AvgIpc) is 2.89. The van der Waals surface area contributed by atoms with Crippen LogP contribution in [0.2, 0.25) is 0 Å². The number of carbonyl (C=O) groups excluding carboxylic acids is 1. The summed E-state index contributed by atoms with van der Waals surface area (Å²) in [7, 11) is 1.86. The van der Waals surface area contributed by atoms with Crippen LogP contribution in [0, 0.1) is 11.3 Å². The number of nitrogens with zero attached hydrogens (tertiary/aromatic N) is 2. The van der Waals surface area contributed by atoms with E-state index in [1.165, 1.54) is 19.3 Å². The number of allylic oxidation sites excluding steroid dienone is 2. The number of rotatable bonds is 2. The maximum absolute atomic E-state index is 11.6. The lowest BCUT2D eigenvalue weighted by Crippen LogP contribution is -2.52. The zero-order chi connectivity index (χ0) is 15.4. The predicted molar refractivity (Wildman–Crippen MR) is 104 cm³/mol. The summed E-state index contributed by atoms with van der Waals surface area (Å²) in [6.45, 7) is 3.81. The van der Waals surface area contributed by atoms with Gasteiger partial charge in [0.2, 0.25) is 5.91 Å². The molecule has 0 bridgehead atoms. The van der Waals surface area contributed by atoms with Crippen molar-refractivity contribution in [1.82, 2.24) is 15.5 Å². The minimum absolute atomic E-state index is 0. The molecule has 0 aromatic carbocycles. The number of nitrogens with one attached hydrogen (secondary N) is 2. The molecule has 0 aromatic rings. The molecular weight excluding hydrogens is 403 g/mol. The van der Waals surface area contributed by atoms with Crippen LogP contribution in [0.1, 0.15) is 38.5 Å². The molecular formula is C17H29IN4O. The molecule has 23 heavy (non-hydrogen) atoms. The van der Waals surface area contributed by atoms with E-state index in [1.807, 2.05) is 7.05 Å². The molecule has 2 unspecified atom stereocenters. The van der Waals surface area contributed by atoms with Gasteiger partial charge in [0.25, 0.3) is 0 Å². The van der Waals surface area contributed by atoms with Gasteiger partial charge in [-0.1, -0.05) is 12.2 Å². The third-order valence-corrected chi connectivity index (χ3v) is 5.30. The van der Waals surface area contributed by atoms with E-state index in [0.29, 0.717) is 6.42 Å². The van der Waals surface area contributed by atoms with E-state index < -0.39 is 0 Å². The van der Waals surface area contributed by atoms with Gasteiger partial charge >= 0.3 is 0 Å². The van der Waals surface area contributed by atoms with Gasteiger partial charge in [0, 0.05) is 45.1 Å². The SMILES string of the molecule is CN=C(NCC1CC=CCC1)N1CCCC2(CNC(=O)C2)C1.I. The molecule has 2 N–H and O–H groups in total. The van der Waals surface area contributed by atoms with E-state index in [4.69, 9.17) is 0 Å². The van der Waals surface area contributed by atoms with Crippen molar-refractivity contribution in [2.45, 2.75) is 38.5 Å². The molecule has 0 aromatic heterocycles. The van der Waals surface area contributed by atoms with Gasteiger partial charge in [-0.3, -0.25) is 9.79 Å². The highest BCUT2D eigenvalue weighted by Gasteiger charge is 2.42. The fourth-order valence-electron chi connectivity index (χ4n) is 4.04. The number of hydrogen-bond acceptors (Lipinski definition) is 2. The van der Waals surface area contributed by atoms with Crippen LogP contribution in [-0.2, 0) is 4.79 Å². The third-order valence-electron chi connectivity index (χ3n) is 5.30. The summed E-state index contributed by atoms with van der Waals surface area (Å²) in [6, 6.07) is 0. The first-order valence-electron chi connectivity index (χ1n) is 8.58. The standard InChI is InChI=1S/C17H28N4O.HI/c1-18-16(19-11-14-6-3-2-4-7-14)21-9-5-8-17(13-21)10-15(22)20-12-17;/h2-3,14H,4-13H2,1H3,(H,18,19)(H,20,22);1H. The van der Waals surface area contributed by atoms with Crippen LogP contribution in [0.5, 0.6) is 0 Å². The van der Waals surface area contributed by atoms with E-state index in [-0.39, 0.29) is 35.3 Å². The average molecular weight is 432 g/mol. The smallest absolute Gasteiger partial charge is 0.220 e. The van der Waals surface area contributed by atoms with Crippen LogP contribution >= 0.6 is 24.0 Å². The first kappa shape index (κ1) is 18.5. The molecule has 5 nitrogen and oxygen atoms in total. The van der Waals surface area contributed by atoms with Crippen molar-refractivity contribution >= 4 is 35.8 Å². The van der Waals surface area contributed by atoms with Crippen LogP contribution in [0.4, 0.5) is 0 Å². The molecule has 6 heteroatoms. The highest BCUT2D eigenvalue weighted by atomic mass is 127. The normalized spacial score (nSPS) is 31.0. The lowest BCUT2D eigenvalue weighted by atomic mass is 9.79. The summed E-state index contributed by atoms with van der Waals surface area (Å²) in [5.74, 6) is 1.93. The fraction of sp³-hybridized carbons (Fsp3) is 0.765. The number of hydrogen-bond donors (Lipinski definition) is 2. The fourth-order valence-corrected chi connectivity index (χ4v) is 4.04. The van der Waals surface area contributed by atoms with Crippen LogP contribution < -0.4 is 10.6 Å². The van der Waals surface area contributed by atoms with E-state index in [2.05, 4.69) is 32.7 Å². The lowest BCUT2D eigenvalue weighted by Gasteiger charge is -2.41. The highest BCUT2D eigenvalue weighted by Crippen LogP contribution is 2.36.